The van der Waals surface area contributed by atoms with Crippen molar-refractivity contribution in [2.45, 2.75) is 38.6 Å². The first-order valence-corrected chi connectivity index (χ1v) is 13.0. The van der Waals surface area contributed by atoms with Crippen LogP contribution in [0.1, 0.15) is 33.1 Å². The zero-order valence-corrected chi connectivity index (χ0v) is 21.9. The standard InChI is InChI=1S/C28H37N5O4/c1-4-21(2)18-29-25(34)19-32-20-33(22-10-6-5-7-11-22)28(26(32)35)14-16-31(17-15-28)27(36)30-23-12-8-9-13-24(23)37-3/h5-13,21H,4,14-20H2,1-3H3,(H,29,34)(H,30,36). The summed E-state index contributed by atoms with van der Waals surface area (Å²) in [7, 11) is 1.57. The molecule has 0 aliphatic carbocycles. The molecule has 1 spiro atoms. The minimum atomic E-state index is -0.792. The average Bonchev–Trinajstić information content (AvgIpc) is 3.18. The third-order valence-electron chi connectivity index (χ3n) is 7.49. The lowest BCUT2D eigenvalue weighted by Gasteiger charge is -2.43. The van der Waals surface area contributed by atoms with Gasteiger partial charge in [0, 0.05) is 25.3 Å². The molecule has 2 saturated heterocycles. The molecule has 0 saturated carbocycles. The summed E-state index contributed by atoms with van der Waals surface area (Å²) >= 11 is 0. The van der Waals surface area contributed by atoms with Crippen LogP contribution in [0.2, 0.25) is 0 Å². The molecule has 198 valence electrons. The molecule has 2 aliphatic heterocycles. The minimum Gasteiger partial charge on any atom is -0.495 e. The average molecular weight is 508 g/mol. The van der Waals surface area contributed by atoms with Crippen LogP contribution in [0, 0.1) is 5.92 Å². The highest BCUT2D eigenvalue weighted by Crippen LogP contribution is 2.39. The Morgan fingerprint density at radius 3 is 2.41 bits per heavy atom. The number of methoxy groups -OCH3 is 1. The summed E-state index contributed by atoms with van der Waals surface area (Å²) in [6, 6.07) is 16.9. The van der Waals surface area contributed by atoms with Crippen LogP contribution in [0.25, 0.3) is 0 Å². The van der Waals surface area contributed by atoms with Crippen molar-refractivity contribution in [2.75, 3.05) is 50.2 Å². The molecule has 9 nitrogen and oxygen atoms in total. The van der Waals surface area contributed by atoms with E-state index < -0.39 is 5.54 Å². The fourth-order valence-electron chi connectivity index (χ4n) is 5.01. The second-order valence-electron chi connectivity index (χ2n) is 9.87. The molecule has 4 rings (SSSR count). The van der Waals surface area contributed by atoms with E-state index in [4.69, 9.17) is 4.74 Å². The van der Waals surface area contributed by atoms with Gasteiger partial charge in [-0.3, -0.25) is 9.59 Å². The van der Waals surface area contributed by atoms with E-state index in [-0.39, 0.29) is 24.4 Å². The van der Waals surface area contributed by atoms with E-state index in [2.05, 4.69) is 29.4 Å². The molecule has 1 unspecified atom stereocenters. The number of anilines is 2. The van der Waals surface area contributed by atoms with Crippen molar-refractivity contribution in [3.8, 4) is 5.75 Å². The van der Waals surface area contributed by atoms with E-state index in [1.165, 1.54) is 0 Å². The number of carbonyl (C=O) groups is 3. The highest BCUT2D eigenvalue weighted by atomic mass is 16.5. The van der Waals surface area contributed by atoms with Crippen LogP contribution in [0.5, 0.6) is 5.75 Å². The van der Waals surface area contributed by atoms with Gasteiger partial charge in [-0.2, -0.15) is 0 Å². The van der Waals surface area contributed by atoms with E-state index in [1.54, 1.807) is 29.0 Å². The molecule has 0 radical (unpaired) electrons. The molecule has 1 atom stereocenters. The maximum absolute atomic E-state index is 13.8. The number of urea groups is 1. The maximum Gasteiger partial charge on any atom is 0.321 e. The first-order chi connectivity index (χ1) is 17.9. The second kappa shape index (κ2) is 11.5. The third kappa shape index (κ3) is 5.65. The summed E-state index contributed by atoms with van der Waals surface area (Å²) < 4.78 is 5.34. The lowest BCUT2D eigenvalue weighted by Crippen LogP contribution is -2.58. The number of para-hydroxylation sites is 3. The minimum absolute atomic E-state index is 0.0261. The van der Waals surface area contributed by atoms with Crippen LogP contribution >= 0.6 is 0 Å². The Morgan fingerprint density at radius 2 is 1.73 bits per heavy atom. The summed E-state index contributed by atoms with van der Waals surface area (Å²) in [4.78, 5) is 45.0. The molecular formula is C28H37N5O4. The topological polar surface area (TPSA) is 94.2 Å². The second-order valence-corrected chi connectivity index (χ2v) is 9.87. The number of hydrogen-bond donors (Lipinski definition) is 2. The lowest BCUT2D eigenvalue weighted by molar-refractivity contribution is -0.137. The number of amides is 4. The number of nitrogens with one attached hydrogen (secondary N) is 2. The fourth-order valence-corrected chi connectivity index (χ4v) is 5.01. The number of hydrogen-bond acceptors (Lipinski definition) is 5. The Labute approximate surface area is 218 Å². The van der Waals surface area contributed by atoms with Crippen LogP contribution in [0.4, 0.5) is 16.2 Å². The van der Waals surface area contributed by atoms with Gasteiger partial charge in [-0.25, -0.2) is 4.79 Å². The van der Waals surface area contributed by atoms with Crippen LogP contribution < -0.4 is 20.3 Å². The van der Waals surface area contributed by atoms with E-state index in [1.807, 2.05) is 42.5 Å². The van der Waals surface area contributed by atoms with Crippen molar-refractivity contribution >= 4 is 29.2 Å². The zero-order chi connectivity index (χ0) is 26.4. The number of benzene rings is 2. The van der Waals surface area contributed by atoms with Gasteiger partial charge in [0.2, 0.25) is 5.91 Å². The summed E-state index contributed by atoms with van der Waals surface area (Å²) in [5.41, 5.74) is 0.748. The molecule has 2 heterocycles. The summed E-state index contributed by atoms with van der Waals surface area (Å²) in [5, 5.41) is 5.89. The monoisotopic (exact) mass is 507 g/mol. The number of carbonyl (C=O) groups excluding carboxylic acids is 3. The summed E-state index contributed by atoms with van der Waals surface area (Å²) in [6.45, 7) is 5.98. The van der Waals surface area contributed by atoms with Gasteiger partial charge in [0.15, 0.2) is 0 Å². The zero-order valence-electron chi connectivity index (χ0n) is 21.9. The van der Waals surface area contributed by atoms with E-state index in [0.717, 1.165) is 12.1 Å². The van der Waals surface area contributed by atoms with Gasteiger partial charge in [0.1, 0.15) is 17.8 Å². The predicted octanol–water partition coefficient (Wildman–Crippen LogP) is 3.53. The number of piperidine rings is 1. The van der Waals surface area contributed by atoms with Crippen LogP contribution in [-0.2, 0) is 9.59 Å². The van der Waals surface area contributed by atoms with Crippen LogP contribution in [-0.4, -0.2) is 73.1 Å². The van der Waals surface area contributed by atoms with Crippen molar-refractivity contribution in [1.29, 1.82) is 0 Å². The van der Waals surface area contributed by atoms with Gasteiger partial charge in [-0.1, -0.05) is 50.6 Å². The van der Waals surface area contributed by atoms with Crippen LogP contribution in [0.3, 0.4) is 0 Å². The largest absolute Gasteiger partial charge is 0.495 e. The van der Waals surface area contributed by atoms with Crippen molar-refractivity contribution < 1.29 is 19.1 Å². The van der Waals surface area contributed by atoms with Gasteiger partial charge in [-0.15, -0.1) is 0 Å². The normalized spacial score (nSPS) is 17.6. The fraction of sp³-hybridized carbons (Fsp3) is 0.464. The SMILES string of the molecule is CCC(C)CNC(=O)CN1CN(c2ccccc2)C2(CCN(C(=O)Nc3ccccc3OC)CC2)C1=O. The predicted molar refractivity (Wildman–Crippen MR) is 144 cm³/mol. The van der Waals surface area contributed by atoms with Gasteiger partial charge in [0.25, 0.3) is 5.91 Å². The highest BCUT2D eigenvalue weighted by Gasteiger charge is 2.54. The van der Waals surface area contributed by atoms with Gasteiger partial charge in [0.05, 0.1) is 19.5 Å². The smallest absolute Gasteiger partial charge is 0.321 e. The molecule has 0 bridgehead atoms. The molecule has 2 N–H and O–H groups in total. The maximum atomic E-state index is 13.8. The lowest BCUT2D eigenvalue weighted by atomic mass is 9.85. The number of likely N-dealkylation sites (tertiary alicyclic amines) is 1. The van der Waals surface area contributed by atoms with Gasteiger partial charge < -0.3 is 30.1 Å². The Hall–Kier alpha value is -3.75. The van der Waals surface area contributed by atoms with E-state index in [9.17, 15) is 14.4 Å². The van der Waals surface area contributed by atoms with Crippen LogP contribution in [0.15, 0.2) is 54.6 Å². The van der Waals surface area contributed by atoms with E-state index >= 15 is 0 Å². The molecule has 9 heteroatoms. The molecule has 2 aliphatic rings. The van der Waals surface area contributed by atoms with Crippen molar-refractivity contribution in [3.05, 3.63) is 54.6 Å². The molecule has 2 fully saturated rings. The van der Waals surface area contributed by atoms with E-state index in [0.29, 0.717) is 56.5 Å². The van der Waals surface area contributed by atoms with Crippen molar-refractivity contribution in [1.82, 2.24) is 15.1 Å². The van der Waals surface area contributed by atoms with Crippen molar-refractivity contribution in [2.24, 2.45) is 5.92 Å². The first kappa shape index (κ1) is 26.3. The molecular weight excluding hydrogens is 470 g/mol. The molecule has 2 aromatic carbocycles. The Balaban J connectivity index is 1.47. The number of nitrogens with zero attached hydrogens (tertiary/aromatic N) is 3. The Kier molecular flexibility index (Phi) is 8.21. The highest BCUT2D eigenvalue weighted by molar-refractivity contribution is 5.97. The van der Waals surface area contributed by atoms with Gasteiger partial charge >= 0.3 is 6.03 Å². The molecule has 4 amide bonds. The van der Waals surface area contributed by atoms with Gasteiger partial charge in [-0.05, 0) is 43.0 Å². The number of ether oxygens (including phenoxy) is 1. The first-order valence-electron chi connectivity index (χ1n) is 13.0. The molecule has 2 aromatic rings. The number of rotatable bonds is 8. The third-order valence-corrected chi connectivity index (χ3v) is 7.49. The van der Waals surface area contributed by atoms with Crippen molar-refractivity contribution in [3.63, 3.8) is 0 Å². The molecule has 37 heavy (non-hydrogen) atoms. The summed E-state index contributed by atoms with van der Waals surface area (Å²) in [6.07, 6.45) is 1.94. The summed E-state index contributed by atoms with van der Waals surface area (Å²) in [5.74, 6) is 0.775. The quantitative estimate of drug-likeness (QED) is 0.570. The molecule has 0 aromatic heterocycles. The Bertz CT molecular complexity index is 1100. The Morgan fingerprint density at radius 1 is 1.05 bits per heavy atom.